The van der Waals surface area contributed by atoms with Crippen LogP contribution in [0.3, 0.4) is 0 Å². The van der Waals surface area contributed by atoms with Gasteiger partial charge in [0.05, 0.1) is 43.0 Å². The van der Waals surface area contributed by atoms with E-state index >= 15 is 4.39 Å². The first-order valence-electron chi connectivity index (χ1n) is 9.45. The SMILES string of the molecule is [B]C1([B])CC(F)(CNCc2ncc(C)cn2)CC([B])([B])N1C(=O)c1ccc(F)c(Cl)c1. The summed E-state index contributed by atoms with van der Waals surface area (Å²) < 4.78 is 29.1. The number of alkyl halides is 1. The molecule has 12 heteroatoms. The molecule has 1 aromatic heterocycles. The molecular formula is C19H17B4ClF2N4O. The lowest BCUT2D eigenvalue weighted by atomic mass is 9.44. The molecule has 8 radical (unpaired) electrons. The molecule has 1 N–H and O–H groups in total. The first-order chi connectivity index (χ1) is 14.3. The van der Waals surface area contributed by atoms with Crippen molar-refractivity contribution in [2.75, 3.05) is 6.54 Å². The topological polar surface area (TPSA) is 58.1 Å². The van der Waals surface area contributed by atoms with Crippen LogP contribution >= 0.6 is 11.6 Å². The van der Waals surface area contributed by atoms with Crippen molar-refractivity contribution in [3.05, 3.63) is 58.4 Å². The van der Waals surface area contributed by atoms with Gasteiger partial charge in [-0.25, -0.2) is 18.7 Å². The van der Waals surface area contributed by atoms with Gasteiger partial charge in [-0.15, -0.1) is 0 Å². The van der Waals surface area contributed by atoms with Crippen molar-refractivity contribution in [2.45, 2.75) is 42.7 Å². The number of hydrogen-bond acceptors (Lipinski definition) is 4. The number of aromatic nitrogens is 2. The molecule has 1 amide bonds. The summed E-state index contributed by atoms with van der Waals surface area (Å²) in [5.74, 6) is -1.02. The Labute approximate surface area is 190 Å². The Hall–Kier alpha value is -1.86. The molecule has 0 saturated carbocycles. The lowest BCUT2D eigenvalue weighted by Crippen LogP contribution is -2.72. The zero-order chi connectivity index (χ0) is 23.0. The van der Waals surface area contributed by atoms with Crippen LogP contribution in [0.4, 0.5) is 8.78 Å². The van der Waals surface area contributed by atoms with Crippen LogP contribution in [0, 0.1) is 12.7 Å². The molecule has 1 fully saturated rings. The van der Waals surface area contributed by atoms with Gasteiger partial charge in [-0.3, -0.25) is 4.79 Å². The van der Waals surface area contributed by atoms with E-state index in [1.807, 2.05) is 6.92 Å². The zero-order valence-electron chi connectivity index (χ0n) is 16.9. The van der Waals surface area contributed by atoms with Gasteiger partial charge in [0.1, 0.15) is 17.3 Å². The van der Waals surface area contributed by atoms with E-state index < -0.39 is 40.9 Å². The smallest absolute Gasteiger partial charge is 0.252 e. The van der Waals surface area contributed by atoms with Gasteiger partial charge in [-0.1, -0.05) is 11.6 Å². The van der Waals surface area contributed by atoms with Crippen LogP contribution in [0.1, 0.15) is 34.6 Å². The van der Waals surface area contributed by atoms with E-state index in [0.717, 1.165) is 22.6 Å². The van der Waals surface area contributed by atoms with Crippen LogP contribution in [0.15, 0.2) is 30.6 Å². The van der Waals surface area contributed by atoms with Crippen molar-refractivity contribution in [1.29, 1.82) is 0 Å². The van der Waals surface area contributed by atoms with E-state index in [0.29, 0.717) is 5.82 Å². The largest absolute Gasteiger partial charge is 0.362 e. The molecule has 152 valence electrons. The van der Waals surface area contributed by atoms with Crippen molar-refractivity contribution in [3.63, 3.8) is 0 Å². The number of nitrogens with one attached hydrogen (secondary N) is 1. The lowest BCUT2D eigenvalue weighted by molar-refractivity contribution is 0.00466. The van der Waals surface area contributed by atoms with E-state index in [1.54, 1.807) is 12.4 Å². The molecule has 0 unspecified atom stereocenters. The summed E-state index contributed by atoms with van der Waals surface area (Å²) in [6.45, 7) is 1.86. The van der Waals surface area contributed by atoms with Gasteiger partial charge in [0.25, 0.3) is 5.91 Å². The van der Waals surface area contributed by atoms with Crippen LogP contribution in [0.2, 0.25) is 5.02 Å². The third kappa shape index (κ3) is 5.32. The van der Waals surface area contributed by atoms with Crippen molar-refractivity contribution >= 4 is 48.9 Å². The highest BCUT2D eigenvalue weighted by atomic mass is 35.5. The van der Waals surface area contributed by atoms with E-state index in [2.05, 4.69) is 15.3 Å². The minimum atomic E-state index is -2.02. The zero-order valence-corrected chi connectivity index (χ0v) is 17.7. The quantitative estimate of drug-likeness (QED) is 0.722. The Morgan fingerprint density at radius 1 is 1.19 bits per heavy atom. The minimum Gasteiger partial charge on any atom is -0.362 e. The summed E-state index contributed by atoms with van der Waals surface area (Å²) in [7, 11) is 24.4. The fraction of sp³-hybridized carbons (Fsp3) is 0.421. The third-order valence-corrected chi connectivity index (χ3v) is 5.25. The number of hydrogen-bond donors (Lipinski definition) is 1. The molecule has 3 rings (SSSR count). The molecule has 5 nitrogen and oxygen atoms in total. The second-order valence-corrected chi connectivity index (χ2v) is 8.44. The highest BCUT2D eigenvalue weighted by molar-refractivity contribution is 6.46. The summed E-state index contributed by atoms with van der Waals surface area (Å²) in [5.41, 5.74) is -1.15. The maximum atomic E-state index is 15.7. The van der Waals surface area contributed by atoms with E-state index in [4.69, 9.17) is 43.0 Å². The normalized spacial score (nSPS) is 19.2. The predicted molar refractivity (Wildman–Crippen MR) is 118 cm³/mol. The standard InChI is InChI=1S/C19H17B4ClF2N4O/c1-11-5-28-15(29-6-11)7-27-10-17(26)8-18(20,21)30(19(22,23)9-17)16(31)12-2-3-14(25)13(24)4-12/h2-6,27H,7-10H2,1H3. The number of aryl methyl sites for hydroxylation is 1. The van der Waals surface area contributed by atoms with E-state index in [9.17, 15) is 9.18 Å². The van der Waals surface area contributed by atoms with Crippen molar-refractivity contribution in [2.24, 2.45) is 0 Å². The molecule has 0 aliphatic carbocycles. The van der Waals surface area contributed by atoms with Crippen LogP contribution in [0.5, 0.6) is 0 Å². The number of piperidine rings is 1. The number of benzene rings is 1. The fourth-order valence-electron chi connectivity index (χ4n) is 3.79. The molecule has 2 heterocycles. The third-order valence-electron chi connectivity index (χ3n) is 4.96. The Kier molecular flexibility index (Phi) is 6.59. The number of nitrogens with zero attached hydrogens (tertiary/aromatic N) is 3. The van der Waals surface area contributed by atoms with Gasteiger partial charge in [-0.05, 0) is 54.2 Å². The van der Waals surface area contributed by atoms with Gasteiger partial charge in [0.2, 0.25) is 0 Å². The highest BCUT2D eigenvalue weighted by Crippen LogP contribution is 2.41. The fourth-order valence-corrected chi connectivity index (χ4v) is 3.97. The second-order valence-electron chi connectivity index (χ2n) is 8.04. The van der Waals surface area contributed by atoms with Gasteiger partial charge in [0.15, 0.2) is 0 Å². The Morgan fingerprint density at radius 3 is 2.32 bits per heavy atom. The van der Waals surface area contributed by atoms with Crippen molar-refractivity contribution in [3.8, 4) is 0 Å². The molecule has 1 aromatic carbocycles. The second kappa shape index (κ2) is 8.58. The maximum absolute atomic E-state index is 15.7. The molecule has 0 atom stereocenters. The van der Waals surface area contributed by atoms with Crippen molar-refractivity contribution in [1.82, 2.24) is 20.2 Å². The number of carbonyl (C=O) groups is 1. The van der Waals surface area contributed by atoms with Gasteiger partial charge >= 0.3 is 0 Å². The van der Waals surface area contributed by atoms with Crippen molar-refractivity contribution < 1.29 is 13.6 Å². The Balaban J connectivity index is 1.75. The number of rotatable bonds is 5. The average Bonchev–Trinajstić information content (AvgIpc) is 2.63. The molecule has 1 aliphatic rings. The van der Waals surface area contributed by atoms with Gasteiger partial charge in [0, 0.05) is 24.5 Å². The number of carbonyl (C=O) groups excluding carboxylic acids is 1. The first-order valence-corrected chi connectivity index (χ1v) is 9.83. The Bertz CT molecular complexity index is 960. The van der Waals surface area contributed by atoms with Gasteiger partial charge < -0.3 is 10.2 Å². The summed E-state index contributed by atoms with van der Waals surface area (Å²) in [6, 6.07) is 3.31. The van der Waals surface area contributed by atoms with E-state index in [-0.39, 0.29) is 23.7 Å². The van der Waals surface area contributed by atoms with Crippen LogP contribution in [0.25, 0.3) is 0 Å². The predicted octanol–water partition coefficient (Wildman–Crippen LogP) is 1.29. The van der Waals surface area contributed by atoms with Crippen LogP contribution < -0.4 is 5.32 Å². The molecule has 1 aliphatic heterocycles. The number of halogens is 3. The molecular weight excluding hydrogens is 417 g/mol. The Morgan fingerprint density at radius 2 is 1.77 bits per heavy atom. The summed E-state index contributed by atoms with van der Waals surface area (Å²) in [4.78, 5) is 22.1. The average molecular weight is 434 g/mol. The maximum Gasteiger partial charge on any atom is 0.252 e. The summed E-state index contributed by atoms with van der Waals surface area (Å²) in [5, 5.41) is -1.40. The lowest BCUT2D eigenvalue weighted by Gasteiger charge is -2.59. The number of amides is 1. The van der Waals surface area contributed by atoms with E-state index in [1.165, 1.54) is 6.07 Å². The minimum absolute atomic E-state index is 0.0343. The highest BCUT2D eigenvalue weighted by Gasteiger charge is 2.52. The molecule has 31 heavy (non-hydrogen) atoms. The number of likely N-dealkylation sites (tertiary alicyclic amines) is 1. The van der Waals surface area contributed by atoms with Crippen LogP contribution in [-0.4, -0.2) is 75.0 Å². The summed E-state index contributed by atoms with van der Waals surface area (Å²) >= 11 is 5.75. The summed E-state index contributed by atoms with van der Waals surface area (Å²) in [6.07, 6.45) is 2.41. The monoisotopic (exact) mass is 434 g/mol. The van der Waals surface area contributed by atoms with Crippen LogP contribution in [-0.2, 0) is 6.54 Å². The molecule has 0 bridgehead atoms. The van der Waals surface area contributed by atoms with Gasteiger partial charge in [-0.2, -0.15) is 0 Å². The molecule has 1 saturated heterocycles. The molecule has 2 aromatic rings. The molecule has 0 spiro atoms. The first kappa shape index (κ1) is 23.8.